The molecule has 1 aromatic carbocycles. The van der Waals surface area contributed by atoms with Crippen molar-refractivity contribution in [3.63, 3.8) is 0 Å². The van der Waals surface area contributed by atoms with E-state index in [1.807, 2.05) is 30.6 Å². The molecule has 7 rings (SSSR count). The summed E-state index contributed by atoms with van der Waals surface area (Å²) in [6, 6.07) is 10.4. The molecule has 166 valence electrons. The van der Waals surface area contributed by atoms with Gasteiger partial charge in [0.2, 0.25) is 0 Å². The highest BCUT2D eigenvalue weighted by molar-refractivity contribution is 6.01. The van der Waals surface area contributed by atoms with E-state index in [0.717, 1.165) is 74.5 Å². The van der Waals surface area contributed by atoms with Crippen molar-refractivity contribution >= 4 is 27.6 Å². The molecule has 34 heavy (non-hydrogen) atoms. The zero-order valence-electron chi connectivity index (χ0n) is 18.1. The van der Waals surface area contributed by atoms with Crippen LogP contribution in [-0.4, -0.2) is 49.3 Å². The molecule has 0 amide bonds. The van der Waals surface area contributed by atoms with Gasteiger partial charge in [0, 0.05) is 52.8 Å². The van der Waals surface area contributed by atoms with Crippen molar-refractivity contribution in [2.45, 2.75) is 6.04 Å². The Morgan fingerprint density at radius 2 is 1.85 bits per heavy atom. The van der Waals surface area contributed by atoms with Crippen LogP contribution in [0.25, 0.3) is 55.6 Å². The van der Waals surface area contributed by atoms with E-state index < -0.39 is 0 Å². The molecule has 0 unspecified atom stereocenters. The van der Waals surface area contributed by atoms with E-state index in [1.54, 1.807) is 24.9 Å². The number of hydrogen-bond donors (Lipinski definition) is 3. The molecule has 1 saturated heterocycles. The molecule has 1 aliphatic heterocycles. The van der Waals surface area contributed by atoms with Crippen LogP contribution >= 0.6 is 0 Å². The number of benzene rings is 1. The molecular weight excluding hydrogens is 428 g/mol. The number of fused-ring (bicyclic) bond motifs is 2. The van der Waals surface area contributed by atoms with Crippen LogP contribution < -0.4 is 10.6 Å². The average Bonchev–Trinajstić information content (AvgIpc) is 3.60. The van der Waals surface area contributed by atoms with E-state index in [0.29, 0.717) is 0 Å². The zero-order chi connectivity index (χ0) is 22.6. The number of H-pyrrole nitrogens is 2. The fourth-order valence-electron chi connectivity index (χ4n) is 4.55. The van der Waals surface area contributed by atoms with Crippen molar-refractivity contribution in [2.24, 2.45) is 5.73 Å². The number of hydrogen-bond acceptors (Lipinski definition) is 7. The number of anilines is 1. The van der Waals surface area contributed by atoms with Gasteiger partial charge < -0.3 is 20.0 Å². The van der Waals surface area contributed by atoms with Gasteiger partial charge in [-0.2, -0.15) is 5.10 Å². The smallest absolute Gasteiger partial charge is 0.147 e. The molecule has 0 spiro atoms. The van der Waals surface area contributed by atoms with Gasteiger partial charge in [-0.25, -0.2) is 4.98 Å². The molecule has 0 aliphatic carbocycles. The number of furan rings is 1. The molecule has 0 bridgehead atoms. The minimum atomic E-state index is 0.204. The van der Waals surface area contributed by atoms with Gasteiger partial charge in [-0.1, -0.05) is 6.07 Å². The lowest BCUT2D eigenvalue weighted by molar-refractivity contribution is 0.514. The van der Waals surface area contributed by atoms with Crippen molar-refractivity contribution in [1.29, 1.82) is 0 Å². The van der Waals surface area contributed by atoms with E-state index >= 15 is 0 Å². The maximum atomic E-state index is 5.93. The highest BCUT2D eigenvalue weighted by Crippen LogP contribution is 2.35. The van der Waals surface area contributed by atoms with Gasteiger partial charge in [-0.3, -0.25) is 15.1 Å². The normalized spacial score (nSPS) is 14.2. The lowest BCUT2D eigenvalue weighted by Crippen LogP contribution is -2.56. The molecular formula is C25H20N8O. The first-order valence-electron chi connectivity index (χ1n) is 11.0. The second-order valence-electron chi connectivity index (χ2n) is 8.60. The van der Waals surface area contributed by atoms with E-state index in [1.165, 1.54) is 0 Å². The van der Waals surface area contributed by atoms with Crippen LogP contribution in [0.3, 0.4) is 0 Å². The maximum Gasteiger partial charge on any atom is 0.147 e. The Morgan fingerprint density at radius 1 is 0.941 bits per heavy atom. The summed E-state index contributed by atoms with van der Waals surface area (Å²) in [4.78, 5) is 19.2. The van der Waals surface area contributed by atoms with E-state index in [-0.39, 0.29) is 6.04 Å². The van der Waals surface area contributed by atoms with Gasteiger partial charge in [0.1, 0.15) is 11.5 Å². The molecule has 1 fully saturated rings. The third kappa shape index (κ3) is 2.98. The number of aromatic amines is 2. The van der Waals surface area contributed by atoms with Gasteiger partial charge in [0.05, 0.1) is 53.5 Å². The summed E-state index contributed by atoms with van der Waals surface area (Å²) < 4.78 is 5.27. The number of nitrogens with one attached hydrogen (secondary N) is 2. The molecule has 0 atom stereocenters. The van der Waals surface area contributed by atoms with Crippen LogP contribution in [0.1, 0.15) is 0 Å². The molecule has 5 aromatic heterocycles. The summed E-state index contributed by atoms with van der Waals surface area (Å²) in [6.45, 7) is 1.61. The Labute approximate surface area is 193 Å². The van der Waals surface area contributed by atoms with Crippen LogP contribution in [-0.2, 0) is 0 Å². The largest absolute Gasteiger partial charge is 0.472 e. The van der Waals surface area contributed by atoms with Gasteiger partial charge in [0.15, 0.2) is 0 Å². The topological polar surface area (TPSA) is 126 Å². The second kappa shape index (κ2) is 7.26. The molecule has 0 saturated carbocycles. The number of nitrogens with two attached hydrogens (primary N) is 1. The molecule has 9 nitrogen and oxygen atoms in total. The Morgan fingerprint density at radius 3 is 2.71 bits per heavy atom. The monoisotopic (exact) mass is 448 g/mol. The number of rotatable bonds is 4. The summed E-state index contributed by atoms with van der Waals surface area (Å²) in [5.41, 5.74) is 13.3. The van der Waals surface area contributed by atoms with E-state index in [2.05, 4.69) is 42.2 Å². The third-order valence-corrected chi connectivity index (χ3v) is 6.35. The Hall–Kier alpha value is -4.50. The van der Waals surface area contributed by atoms with Crippen molar-refractivity contribution in [2.75, 3.05) is 18.0 Å². The standard InChI is InChI=1S/C25H20N8O/c26-16-11-33(12-16)24-10-28-8-22(30-24)14-1-2-20-18(5-14)25(32-31-20)21-6-17-19(15-3-4-34-13-15)7-27-9-23(17)29-21/h1-10,13,16,29H,11-12,26H2,(H,31,32). The van der Waals surface area contributed by atoms with E-state index in [9.17, 15) is 0 Å². The highest BCUT2D eigenvalue weighted by Gasteiger charge is 2.24. The molecule has 0 radical (unpaired) electrons. The third-order valence-electron chi connectivity index (χ3n) is 6.35. The quantitative estimate of drug-likeness (QED) is 0.372. The zero-order valence-corrected chi connectivity index (χ0v) is 18.1. The first-order chi connectivity index (χ1) is 16.7. The number of nitrogens with zero attached hydrogens (tertiary/aromatic N) is 5. The molecule has 4 N–H and O–H groups in total. The van der Waals surface area contributed by atoms with Gasteiger partial charge in [-0.15, -0.1) is 0 Å². The first kappa shape index (κ1) is 19.0. The van der Waals surface area contributed by atoms with Gasteiger partial charge in [-0.05, 0) is 24.3 Å². The molecule has 6 heterocycles. The van der Waals surface area contributed by atoms with Crippen molar-refractivity contribution in [3.8, 4) is 33.8 Å². The first-order valence-corrected chi connectivity index (χ1v) is 11.0. The Balaban J connectivity index is 1.31. The number of aromatic nitrogens is 6. The minimum Gasteiger partial charge on any atom is -0.472 e. The highest BCUT2D eigenvalue weighted by atomic mass is 16.3. The van der Waals surface area contributed by atoms with Crippen molar-refractivity contribution in [1.82, 2.24) is 30.1 Å². The summed E-state index contributed by atoms with van der Waals surface area (Å²) in [7, 11) is 0. The Kier molecular flexibility index (Phi) is 4.06. The lowest BCUT2D eigenvalue weighted by atomic mass is 10.1. The van der Waals surface area contributed by atoms with Gasteiger partial charge in [0.25, 0.3) is 0 Å². The fraction of sp³-hybridized carbons (Fsp3) is 0.120. The van der Waals surface area contributed by atoms with Gasteiger partial charge >= 0.3 is 0 Å². The predicted molar refractivity (Wildman–Crippen MR) is 130 cm³/mol. The van der Waals surface area contributed by atoms with Crippen LogP contribution in [0.4, 0.5) is 5.82 Å². The van der Waals surface area contributed by atoms with E-state index in [4.69, 9.17) is 15.1 Å². The SMILES string of the molecule is NC1CN(c2cncc(-c3ccc4[nH]nc(-c5cc6c(-c7ccoc7)cncc6[nH]5)c4c3)n2)C1. The molecule has 6 aromatic rings. The fourth-order valence-corrected chi connectivity index (χ4v) is 4.55. The average molecular weight is 448 g/mol. The van der Waals surface area contributed by atoms with Crippen LogP contribution in [0, 0.1) is 0 Å². The van der Waals surface area contributed by atoms with Crippen molar-refractivity contribution < 1.29 is 4.42 Å². The van der Waals surface area contributed by atoms with Crippen molar-refractivity contribution in [3.05, 3.63) is 67.6 Å². The Bertz CT molecular complexity index is 1640. The lowest BCUT2D eigenvalue weighted by Gasteiger charge is -2.37. The molecule has 1 aliphatic rings. The predicted octanol–water partition coefficient (Wildman–Crippen LogP) is 3.97. The number of pyridine rings is 1. The maximum absolute atomic E-state index is 5.93. The second-order valence-corrected chi connectivity index (χ2v) is 8.60. The van der Waals surface area contributed by atoms with Crippen LogP contribution in [0.15, 0.2) is 72.1 Å². The molecule has 9 heteroatoms. The summed E-state index contributed by atoms with van der Waals surface area (Å²) in [5, 5.41) is 9.82. The van der Waals surface area contributed by atoms with Crippen LogP contribution in [0.5, 0.6) is 0 Å². The summed E-state index contributed by atoms with van der Waals surface area (Å²) in [5.74, 6) is 0.849. The van der Waals surface area contributed by atoms with Crippen LogP contribution in [0.2, 0.25) is 0 Å². The minimum absolute atomic E-state index is 0.204. The summed E-state index contributed by atoms with van der Waals surface area (Å²) >= 11 is 0. The summed E-state index contributed by atoms with van der Waals surface area (Å²) in [6.07, 6.45) is 10.6.